The number of carbonyl (C=O) groups is 1. The highest BCUT2D eigenvalue weighted by molar-refractivity contribution is 6.18. The van der Waals surface area contributed by atoms with Crippen LogP contribution in [0.15, 0.2) is 53.7 Å². The fraction of sp³-hybridized carbons (Fsp3) is 0.222. The van der Waals surface area contributed by atoms with Crippen molar-refractivity contribution in [1.82, 2.24) is 0 Å². The lowest BCUT2D eigenvalue weighted by Crippen LogP contribution is -2.15. The van der Waals surface area contributed by atoms with Gasteiger partial charge in [0, 0.05) is 23.4 Å². The Morgan fingerprint density at radius 2 is 1.96 bits per heavy atom. The molecule has 0 aromatic heterocycles. The minimum Gasteiger partial charge on any atom is -0.410 e. The maximum Gasteiger partial charge on any atom is 0.224 e. The topological polar surface area (TPSA) is 61.7 Å². The van der Waals surface area contributed by atoms with Gasteiger partial charge in [0.05, 0.1) is 5.69 Å². The zero-order valence-electron chi connectivity index (χ0n) is 12.9. The van der Waals surface area contributed by atoms with Crippen molar-refractivity contribution in [3.63, 3.8) is 0 Å². The molecule has 2 aromatic carbocycles. The molecule has 5 heteroatoms. The number of hydrogen-bond donors (Lipinski definition) is 2. The first-order valence-corrected chi connectivity index (χ1v) is 7.93. The van der Waals surface area contributed by atoms with Crippen LogP contribution in [0.1, 0.15) is 29.5 Å². The Balaban J connectivity index is 2.37. The van der Waals surface area contributed by atoms with Crippen LogP contribution in [-0.4, -0.2) is 22.7 Å². The Morgan fingerprint density at radius 1 is 1.22 bits per heavy atom. The van der Waals surface area contributed by atoms with E-state index in [1.54, 1.807) is 0 Å². The fourth-order valence-corrected chi connectivity index (χ4v) is 2.40. The van der Waals surface area contributed by atoms with Crippen LogP contribution < -0.4 is 5.32 Å². The van der Waals surface area contributed by atoms with E-state index in [1.165, 1.54) is 0 Å². The van der Waals surface area contributed by atoms with E-state index in [1.807, 2.05) is 55.5 Å². The number of rotatable bonds is 6. The molecule has 4 nitrogen and oxygen atoms in total. The Bertz CT molecular complexity index is 699. The van der Waals surface area contributed by atoms with E-state index in [2.05, 4.69) is 10.5 Å². The molecule has 0 aliphatic heterocycles. The quantitative estimate of drug-likeness (QED) is 0.361. The van der Waals surface area contributed by atoms with Crippen molar-refractivity contribution < 1.29 is 10.0 Å². The minimum absolute atomic E-state index is 0.110. The maximum atomic E-state index is 12.0. The summed E-state index contributed by atoms with van der Waals surface area (Å²) in [5, 5.41) is 15.8. The van der Waals surface area contributed by atoms with Gasteiger partial charge in [-0.3, -0.25) is 4.79 Å². The number of benzene rings is 2. The number of amides is 1. The summed E-state index contributed by atoms with van der Waals surface area (Å²) in [5.74, 6) is 0.336. The number of aryl methyl sites for hydroxylation is 1. The van der Waals surface area contributed by atoms with Crippen LogP contribution in [0.5, 0.6) is 0 Å². The largest absolute Gasteiger partial charge is 0.410 e. The van der Waals surface area contributed by atoms with Crippen LogP contribution in [0.3, 0.4) is 0 Å². The third-order valence-corrected chi connectivity index (χ3v) is 3.66. The van der Waals surface area contributed by atoms with Gasteiger partial charge in [-0.15, -0.1) is 11.6 Å². The molecule has 0 saturated carbocycles. The molecular weight excluding hydrogens is 312 g/mol. The number of halogens is 1. The molecule has 0 aliphatic rings. The van der Waals surface area contributed by atoms with Crippen LogP contribution in [-0.2, 0) is 4.79 Å². The Morgan fingerprint density at radius 3 is 2.61 bits per heavy atom. The van der Waals surface area contributed by atoms with Gasteiger partial charge in [0.25, 0.3) is 0 Å². The monoisotopic (exact) mass is 330 g/mol. The Kier molecular flexibility index (Phi) is 6.18. The molecule has 0 bridgehead atoms. The molecule has 0 aliphatic carbocycles. The lowest BCUT2D eigenvalue weighted by molar-refractivity contribution is -0.116. The molecule has 2 aromatic rings. The first-order valence-electron chi connectivity index (χ1n) is 7.40. The molecule has 0 saturated heterocycles. The summed E-state index contributed by atoms with van der Waals surface area (Å²) in [6, 6.07) is 15.0. The van der Waals surface area contributed by atoms with Gasteiger partial charge < -0.3 is 10.5 Å². The third kappa shape index (κ3) is 4.57. The predicted octanol–water partition coefficient (Wildman–Crippen LogP) is 4.18. The molecule has 1 amide bonds. The summed E-state index contributed by atoms with van der Waals surface area (Å²) in [6.07, 6.45) is 0.974. The van der Waals surface area contributed by atoms with Crippen molar-refractivity contribution >= 4 is 28.9 Å². The first kappa shape index (κ1) is 17.0. The molecule has 0 atom stereocenters. The average Bonchev–Trinajstić information content (AvgIpc) is 2.57. The van der Waals surface area contributed by atoms with Gasteiger partial charge in [0.15, 0.2) is 0 Å². The lowest BCUT2D eigenvalue weighted by atomic mass is 9.99. The van der Waals surface area contributed by atoms with E-state index in [0.717, 1.165) is 11.1 Å². The zero-order chi connectivity index (χ0) is 16.7. The van der Waals surface area contributed by atoms with Gasteiger partial charge in [-0.2, -0.15) is 0 Å². The molecule has 0 unspecified atom stereocenters. The highest BCUT2D eigenvalue weighted by Crippen LogP contribution is 2.22. The van der Waals surface area contributed by atoms with Gasteiger partial charge in [0.2, 0.25) is 5.91 Å². The van der Waals surface area contributed by atoms with E-state index in [-0.39, 0.29) is 5.91 Å². The van der Waals surface area contributed by atoms with Gasteiger partial charge >= 0.3 is 0 Å². The predicted molar refractivity (Wildman–Crippen MR) is 93.6 cm³/mol. The second-order valence-corrected chi connectivity index (χ2v) is 5.58. The summed E-state index contributed by atoms with van der Waals surface area (Å²) < 4.78 is 0. The van der Waals surface area contributed by atoms with Gasteiger partial charge in [-0.25, -0.2) is 0 Å². The number of hydrogen-bond acceptors (Lipinski definition) is 3. The molecular formula is C18H19ClN2O2. The van der Waals surface area contributed by atoms with Crippen molar-refractivity contribution in [2.75, 3.05) is 11.2 Å². The van der Waals surface area contributed by atoms with Gasteiger partial charge in [-0.1, -0.05) is 47.1 Å². The SMILES string of the molecule is Cc1ccc(NC(=O)CCCCl)c(/C(=N/O)c2ccccc2)c1. The lowest BCUT2D eigenvalue weighted by Gasteiger charge is -2.13. The molecule has 0 radical (unpaired) electrons. The Hall–Kier alpha value is -2.33. The number of nitrogens with zero attached hydrogens (tertiary/aromatic N) is 1. The van der Waals surface area contributed by atoms with Crippen molar-refractivity contribution in [2.45, 2.75) is 19.8 Å². The second kappa shape index (κ2) is 8.34. The van der Waals surface area contributed by atoms with Crippen molar-refractivity contribution in [3.05, 3.63) is 65.2 Å². The van der Waals surface area contributed by atoms with Gasteiger partial charge in [-0.05, 0) is 25.5 Å². The highest BCUT2D eigenvalue weighted by atomic mass is 35.5. The maximum absolute atomic E-state index is 12.0. The first-order chi connectivity index (χ1) is 11.2. The van der Waals surface area contributed by atoms with Gasteiger partial charge in [0.1, 0.15) is 5.71 Å². The molecule has 2 rings (SSSR count). The normalized spacial score (nSPS) is 11.3. The zero-order valence-corrected chi connectivity index (χ0v) is 13.7. The van der Waals surface area contributed by atoms with Crippen molar-refractivity contribution in [1.29, 1.82) is 0 Å². The summed E-state index contributed by atoms with van der Waals surface area (Å²) in [7, 11) is 0. The summed E-state index contributed by atoms with van der Waals surface area (Å²) in [5.41, 5.74) is 3.50. The molecule has 0 fully saturated rings. The third-order valence-electron chi connectivity index (χ3n) is 3.39. The molecule has 2 N–H and O–H groups in total. The van der Waals surface area contributed by atoms with E-state index >= 15 is 0 Å². The average molecular weight is 331 g/mol. The number of anilines is 1. The summed E-state index contributed by atoms with van der Waals surface area (Å²) in [4.78, 5) is 12.0. The van der Waals surface area contributed by atoms with Crippen molar-refractivity contribution in [3.8, 4) is 0 Å². The smallest absolute Gasteiger partial charge is 0.224 e. The van der Waals surface area contributed by atoms with E-state index < -0.39 is 0 Å². The number of alkyl halides is 1. The number of oxime groups is 1. The van der Waals surface area contributed by atoms with E-state index in [4.69, 9.17) is 11.6 Å². The Labute approximate surface area is 140 Å². The molecule has 0 spiro atoms. The summed E-state index contributed by atoms with van der Waals surface area (Å²) >= 11 is 5.62. The molecule has 0 heterocycles. The van der Waals surface area contributed by atoms with Crippen LogP contribution in [0.25, 0.3) is 0 Å². The van der Waals surface area contributed by atoms with Crippen molar-refractivity contribution in [2.24, 2.45) is 5.16 Å². The van der Waals surface area contributed by atoms with Crippen LogP contribution in [0.2, 0.25) is 0 Å². The minimum atomic E-state index is -0.110. The van der Waals surface area contributed by atoms with Crippen LogP contribution >= 0.6 is 11.6 Å². The fourth-order valence-electron chi connectivity index (χ4n) is 2.27. The highest BCUT2D eigenvalue weighted by Gasteiger charge is 2.14. The van der Waals surface area contributed by atoms with Crippen LogP contribution in [0.4, 0.5) is 5.69 Å². The number of carbonyl (C=O) groups excluding carboxylic acids is 1. The summed E-state index contributed by atoms with van der Waals surface area (Å²) in [6.45, 7) is 1.95. The second-order valence-electron chi connectivity index (χ2n) is 5.20. The van der Waals surface area contributed by atoms with E-state index in [9.17, 15) is 10.0 Å². The molecule has 120 valence electrons. The molecule has 23 heavy (non-hydrogen) atoms. The van der Waals surface area contributed by atoms with Crippen LogP contribution in [0, 0.1) is 6.92 Å². The van der Waals surface area contributed by atoms with E-state index in [0.29, 0.717) is 35.7 Å². The standard InChI is InChI=1S/C18H19ClN2O2/c1-13-9-10-16(20-17(22)8-5-11-19)15(12-13)18(21-23)14-6-3-2-4-7-14/h2-4,6-7,9-10,12,23H,5,8,11H2,1H3,(H,20,22)/b21-18+. The number of nitrogens with one attached hydrogen (secondary N) is 1.